The van der Waals surface area contributed by atoms with Crippen LogP contribution < -0.4 is 5.32 Å². The first-order valence-corrected chi connectivity index (χ1v) is 11.1. The van der Waals surface area contributed by atoms with Crippen LogP contribution in [0.2, 0.25) is 0 Å². The number of benzene rings is 1. The number of aryl methyl sites for hydroxylation is 1. The highest BCUT2D eigenvalue weighted by molar-refractivity contribution is 7.17. The van der Waals surface area contributed by atoms with Gasteiger partial charge < -0.3 is 10.1 Å². The van der Waals surface area contributed by atoms with Crippen LogP contribution in [0.15, 0.2) is 66.4 Å². The van der Waals surface area contributed by atoms with Gasteiger partial charge in [-0.2, -0.15) is 0 Å². The molecule has 0 aliphatic heterocycles. The van der Waals surface area contributed by atoms with Crippen LogP contribution in [-0.2, 0) is 17.9 Å². The molecule has 8 heteroatoms. The Balaban J connectivity index is 1.46. The van der Waals surface area contributed by atoms with Gasteiger partial charge in [0.15, 0.2) is 5.82 Å². The van der Waals surface area contributed by atoms with E-state index in [1.807, 2.05) is 48.1 Å². The second-order valence-corrected chi connectivity index (χ2v) is 8.20. The number of hydrogen-bond donors (Lipinski definition) is 1. The summed E-state index contributed by atoms with van der Waals surface area (Å²) in [5.41, 5.74) is 3.33. The first kappa shape index (κ1) is 20.3. The molecular formula is C24H22N6OS. The number of rotatable bonds is 7. The van der Waals surface area contributed by atoms with Gasteiger partial charge in [-0.25, -0.2) is 19.9 Å². The molecule has 0 saturated carbocycles. The Morgan fingerprint density at radius 3 is 2.66 bits per heavy atom. The van der Waals surface area contributed by atoms with Crippen molar-refractivity contribution < 1.29 is 4.74 Å². The molecule has 5 rings (SSSR count). The maximum Gasteiger partial charge on any atom is 0.158 e. The highest BCUT2D eigenvalue weighted by Gasteiger charge is 2.15. The minimum atomic E-state index is 0.365. The molecule has 0 aliphatic carbocycles. The van der Waals surface area contributed by atoms with Crippen molar-refractivity contribution in [1.82, 2.24) is 24.5 Å². The Hall–Kier alpha value is -3.62. The SMILES string of the molecule is COCc1nc(NCc2ccc(-n3ccnc3C)nc2)c2c(-c3ccccc3)csc2n1. The highest BCUT2D eigenvalue weighted by Crippen LogP contribution is 2.37. The highest BCUT2D eigenvalue weighted by atomic mass is 32.1. The molecule has 4 heterocycles. The Kier molecular flexibility index (Phi) is 5.62. The number of fused-ring (bicyclic) bond motifs is 1. The summed E-state index contributed by atoms with van der Waals surface area (Å²) >= 11 is 1.62. The van der Waals surface area contributed by atoms with Crippen LogP contribution >= 0.6 is 11.3 Å². The molecule has 0 amide bonds. The van der Waals surface area contributed by atoms with Gasteiger partial charge in [0.25, 0.3) is 0 Å². The molecule has 7 nitrogen and oxygen atoms in total. The van der Waals surface area contributed by atoms with Gasteiger partial charge in [0.05, 0.1) is 5.39 Å². The Bertz CT molecular complexity index is 1340. The van der Waals surface area contributed by atoms with E-state index in [4.69, 9.17) is 14.7 Å². The fourth-order valence-corrected chi connectivity index (χ4v) is 4.57. The summed E-state index contributed by atoms with van der Waals surface area (Å²) in [5, 5.41) is 6.67. The van der Waals surface area contributed by atoms with E-state index in [9.17, 15) is 0 Å². The summed E-state index contributed by atoms with van der Waals surface area (Å²) < 4.78 is 7.24. The third kappa shape index (κ3) is 3.98. The van der Waals surface area contributed by atoms with E-state index < -0.39 is 0 Å². The number of ether oxygens (including phenoxy) is 1. The first-order chi connectivity index (χ1) is 15.7. The zero-order chi connectivity index (χ0) is 21.9. The van der Waals surface area contributed by atoms with Crippen LogP contribution in [0.3, 0.4) is 0 Å². The van der Waals surface area contributed by atoms with Crippen LogP contribution in [-0.4, -0.2) is 31.6 Å². The molecule has 5 aromatic rings. The Morgan fingerprint density at radius 2 is 1.94 bits per heavy atom. The monoisotopic (exact) mass is 442 g/mol. The third-order valence-electron chi connectivity index (χ3n) is 5.18. The maximum absolute atomic E-state index is 5.28. The molecule has 0 spiro atoms. The van der Waals surface area contributed by atoms with E-state index >= 15 is 0 Å². The largest absolute Gasteiger partial charge is 0.377 e. The van der Waals surface area contributed by atoms with Gasteiger partial charge in [0.1, 0.15) is 28.9 Å². The fourth-order valence-electron chi connectivity index (χ4n) is 3.61. The van der Waals surface area contributed by atoms with E-state index in [2.05, 4.69) is 38.9 Å². The van der Waals surface area contributed by atoms with E-state index in [1.165, 1.54) is 0 Å². The summed E-state index contributed by atoms with van der Waals surface area (Å²) in [4.78, 5) is 19.2. The molecule has 0 aliphatic rings. The van der Waals surface area contributed by atoms with Crippen molar-refractivity contribution in [3.8, 4) is 16.9 Å². The first-order valence-electron chi connectivity index (χ1n) is 10.2. The van der Waals surface area contributed by atoms with Crippen LogP contribution in [0.1, 0.15) is 17.2 Å². The second kappa shape index (κ2) is 8.86. The minimum Gasteiger partial charge on any atom is -0.377 e. The Labute approximate surface area is 189 Å². The molecule has 0 fully saturated rings. The standard InChI is InChI=1S/C24H22N6OS/c1-16-25-10-11-30(16)21-9-8-17(12-26-21)13-27-23-22-19(18-6-4-3-5-7-18)15-32-24(22)29-20(28-23)14-31-2/h3-12,15H,13-14H2,1-2H3,(H,27,28,29). The van der Waals surface area contributed by atoms with Crippen molar-refractivity contribution in [2.45, 2.75) is 20.1 Å². The van der Waals surface area contributed by atoms with Crippen LogP contribution in [0, 0.1) is 6.92 Å². The van der Waals surface area contributed by atoms with Gasteiger partial charge >= 0.3 is 0 Å². The number of pyridine rings is 1. The van der Waals surface area contributed by atoms with E-state index in [0.29, 0.717) is 19.0 Å². The van der Waals surface area contributed by atoms with E-state index in [1.54, 1.807) is 24.6 Å². The molecular weight excluding hydrogens is 420 g/mol. The quantitative estimate of drug-likeness (QED) is 0.382. The lowest BCUT2D eigenvalue weighted by Crippen LogP contribution is -2.07. The summed E-state index contributed by atoms with van der Waals surface area (Å²) in [7, 11) is 1.65. The van der Waals surface area contributed by atoms with Crippen molar-refractivity contribution >= 4 is 27.4 Å². The van der Waals surface area contributed by atoms with Crippen molar-refractivity contribution in [1.29, 1.82) is 0 Å². The number of hydrogen-bond acceptors (Lipinski definition) is 7. The number of nitrogens with zero attached hydrogens (tertiary/aromatic N) is 5. The molecule has 1 N–H and O–H groups in total. The predicted octanol–water partition coefficient (Wildman–Crippen LogP) is 5.01. The average molecular weight is 443 g/mol. The molecule has 0 atom stereocenters. The predicted molar refractivity (Wildman–Crippen MR) is 127 cm³/mol. The summed E-state index contributed by atoms with van der Waals surface area (Å²) in [6.07, 6.45) is 5.56. The topological polar surface area (TPSA) is 77.8 Å². The van der Waals surface area contributed by atoms with E-state index in [0.717, 1.165) is 44.4 Å². The summed E-state index contributed by atoms with van der Waals surface area (Å²) in [5.74, 6) is 3.22. The zero-order valence-electron chi connectivity index (χ0n) is 17.8. The van der Waals surface area contributed by atoms with Crippen molar-refractivity contribution in [2.24, 2.45) is 0 Å². The number of aromatic nitrogens is 5. The van der Waals surface area contributed by atoms with Crippen LogP contribution in [0.25, 0.3) is 27.2 Å². The van der Waals surface area contributed by atoms with Crippen molar-refractivity contribution in [3.05, 3.63) is 83.6 Å². The molecule has 32 heavy (non-hydrogen) atoms. The van der Waals surface area contributed by atoms with Crippen LogP contribution in [0.5, 0.6) is 0 Å². The minimum absolute atomic E-state index is 0.365. The van der Waals surface area contributed by atoms with Gasteiger partial charge in [-0.05, 0) is 24.1 Å². The molecule has 1 aromatic carbocycles. The molecule has 160 valence electrons. The Morgan fingerprint density at radius 1 is 1.06 bits per heavy atom. The molecule has 0 saturated heterocycles. The smallest absolute Gasteiger partial charge is 0.158 e. The van der Waals surface area contributed by atoms with Gasteiger partial charge in [0.2, 0.25) is 0 Å². The normalized spacial score (nSPS) is 11.2. The molecule has 0 unspecified atom stereocenters. The fraction of sp³-hybridized carbons (Fsp3) is 0.167. The third-order valence-corrected chi connectivity index (χ3v) is 6.05. The number of anilines is 1. The molecule has 4 aromatic heterocycles. The van der Waals surface area contributed by atoms with Crippen molar-refractivity contribution in [3.63, 3.8) is 0 Å². The number of imidazole rings is 1. The maximum atomic E-state index is 5.28. The molecule has 0 radical (unpaired) electrons. The molecule has 0 bridgehead atoms. The van der Waals surface area contributed by atoms with E-state index in [-0.39, 0.29) is 0 Å². The summed E-state index contributed by atoms with van der Waals surface area (Å²) in [6.45, 7) is 2.92. The van der Waals surface area contributed by atoms with Gasteiger partial charge in [-0.1, -0.05) is 36.4 Å². The average Bonchev–Trinajstić information content (AvgIpc) is 3.45. The van der Waals surface area contributed by atoms with Gasteiger partial charge in [-0.15, -0.1) is 11.3 Å². The van der Waals surface area contributed by atoms with Crippen LogP contribution in [0.4, 0.5) is 5.82 Å². The lowest BCUT2D eigenvalue weighted by atomic mass is 10.1. The second-order valence-electron chi connectivity index (χ2n) is 7.34. The number of thiophene rings is 1. The lowest BCUT2D eigenvalue weighted by molar-refractivity contribution is 0.178. The van der Waals surface area contributed by atoms with Crippen molar-refractivity contribution in [2.75, 3.05) is 12.4 Å². The summed E-state index contributed by atoms with van der Waals surface area (Å²) in [6, 6.07) is 14.4. The lowest BCUT2D eigenvalue weighted by Gasteiger charge is -2.11. The van der Waals surface area contributed by atoms with Gasteiger partial charge in [0, 0.05) is 43.2 Å². The zero-order valence-corrected chi connectivity index (χ0v) is 18.6. The number of methoxy groups -OCH3 is 1. The number of nitrogens with one attached hydrogen (secondary N) is 1. The van der Waals surface area contributed by atoms with Gasteiger partial charge in [-0.3, -0.25) is 4.57 Å².